The van der Waals surface area contributed by atoms with E-state index in [1.54, 1.807) is 0 Å². The third-order valence-corrected chi connectivity index (χ3v) is 12.4. The Hall–Kier alpha value is -4.32. The number of nitrogens with one attached hydrogen (secondary N) is 1. The Morgan fingerprint density at radius 3 is 1.83 bits per heavy atom. The number of alkyl halides is 6. The second kappa shape index (κ2) is 14.2. The van der Waals surface area contributed by atoms with Gasteiger partial charge in [0.05, 0.1) is 11.5 Å². The van der Waals surface area contributed by atoms with Gasteiger partial charge in [0, 0.05) is 49.8 Å². The SMILES string of the molecule is CC(=O)NC1(C)CCN(C(=O)N2CCC(c3ccc(C(OCc4c(F)cccc4F)(C(F)(F)F)C(F)(F)F)cc3)(S(=O)(=O)c3ccc(F)cc3)C2)CC1. The number of hydrogen-bond acceptors (Lipinski definition) is 5. The molecular formula is C35H34F9N3O5S. The molecule has 0 aromatic heterocycles. The summed E-state index contributed by atoms with van der Waals surface area (Å²) in [5.41, 5.74) is -8.74. The zero-order valence-corrected chi connectivity index (χ0v) is 29.1. The van der Waals surface area contributed by atoms with Crippen molar-refractivity contribution in [3.63, 3.8) is 0 Å². The van der Waals surface area contributed by atoms with Crippen LogP contribution in [0.25, 0.3) is 0 Å². The Balaban J connectivity index is 1.54. The van der Waals surface area contributed by atoms with Crippen LogP contribution in [0.3, 0.4) is 0 Å². The lowest BCUT2D eigenvalue weighted by Crippen LogP contribution is -2.56. The van der Waals surface area contributed by atoms with Gasteiger partial charge in [0.25, 0.3) is 5.60 Å². The maximum atomic E-state index is 14.6. The first-order chi connectivity index (χ1) is 24.6. The lowest BCUT2D eigenvalue weighted by molar-refractivity contribution is -0.392. The summed E-state index contributed by atoms with van der Waals surface area (Å²) in [5, 5.41) is 2.84. The summed E-state index contributed by atoms with van der Waals surface area (Å²) in [5.74, 6) is -3.94. The summed E-state index contributed by atoms with van der Waals surface area (Å²) in [6.45, 7) is 1.00. The summed E-state index contributed by atoms with van der Waals surface area (Å²) in [6, 6.07) is 7.38. The predicted octanol–water partition coefficient (Wildman–Crippen LogP) is 7.13. The molecule has 2 aliphatic rings. The second-order valence-electron chi connectivity index (χ2n) is 13.4. The number of urea groups is 1. The number of ether oxygens (including phenoxy) is 1. The maximum Gasteiger partial charge on any atom is 0.430 e. The van der Waals surface area contributed by atoms with Gasteiger partial charge in [0.1, 0.15) is 22.2 Å². The van der Waals surface area contributed by atoms with Crippen LogP contribution >= 0.6 is 0 Å². The molecule has 0 spiro atoms. The first kappa shape index (κ1) is 39.9. The molecule has 1 N–H and O–H groups in total. The van der Waals surface area contributed by atoms with E-state index in [0.717, 1.165) is 42.5 Å². The number of halogens is 9. The third kappa shape index (κ3) is 7.31. The van der Waals surface area contributed by atoms with Crippen molar-refractivity contribution in [3.8, 4) is 0 Å². The highest BCUT2D eigenvalue weighted by molar-refractivity contribution is 7.92. The Labute approximate surface area is 298 Å². The van der Waals surface area contributed by atoms with Crippen LogP contribution in [0.15, 0.2) is 71.6 Å². The molecule has 18 heteroatoms. The smallest absolute Gasteiger partial charge is 0.351 e. The molecule has 1 atom stereocenters. The molecule has 1 unspecified atom stereocenters. The molecule has 2 heterocycles. The molecular weight excluding hydrogens is 745 g/mol. The first-order valence-electron chi connectivity index (χ1n) is 16.2. The molecule has 288 valence electrons. The van der Waals surface area contributed by atoms with E-state index < -0.39 is 90.7 Å². The van der Waals surface area contributed by atoms with E-state index in [-0.39, 0.29) is 37.5 Å². The summed E-state index contributed by atoms with van der Waals surface area (Å²) in [4.78, 5) is 27.6. The molecule has 2 fully saturated rings. The molecule has 0 bridgehead atoms. The number of piperidine rings is 1. The molecule has 53 heavy (non-hydrogen) atoms. The van der Waals surface area contributed by atoms with Crippen LogP contribution in [0.4, 0.5) is 44.3 Å². The number of nitrogens with zero attached hydrogens (tertiary/aromatic N) is 2. The standard InChI is InChI=1S/C35H34F9N3O5S/c1-22(48)45-31(2)14-17-46(18-15-31)30(49)47-19-16-32(21-47,53(50,51)26-12-10-25(36)11-13-26)23-6-8-24(9-7-23)33(34(39,40)41,35(42,43)44)52-20-27-28(37)4-3-5-29(27)38/h3-13H,14-21H2,1-2H3,(H,45,48). The van der Waals surface area contributed by atoms with E-state index in [2.05, 4.69) is 10.1 Å². The lowest BCUT2D eigenvalue weighted by Gasteiger charge is -2.41. The molecule has 0 saturated carbocycles. The van der Waals surface area contributed by atoms with Gasteiger partial charge in [-0.15, -0.1) is 0 Å². The van der Waals surface area contributed by atoms with Crippen molar-refractivity contribution in [2.45, 2.75) is 72.9 Å². The molecule has 0 aliphatic carbocycles. The van der Waals surface area contributed by atoms with Gasteiger partial charge in [0.2, 0.25) is 5.91 Å². The van der Waals surface area contributed by atoms with Crippen LogP contribution < -0.4 is 5.32 Å². The number of benzene rings is 3. The fourth-order valence-electron chi connectivity index (χ4n) is 6.93. The second-order valence-corrected chi connectivity index (χ2v) is 15.6. The minimum atomic E-state index is -6.24. The molecule has 5 rings (SSSR count). The highest BCUT2D eigenvalue weighted by atomic mass is 32.2. The van der Waals surface area contributed by atoms with Gasteiger partial charge in [-0.25, -0.2) is 26.4 Å². The number of amides is 3. The van der Waals surface area contributed by atoms with Crippen LogP contribution in [0.2, 0.25) is 0 Å². The number of hydrogen-bond donors (Lipinski definition) is 1. The van der Waals surface area contributed by atoms with E-state index in [0.29, 0.717) is 37.1 Å². The van der Waals surface area contributed by atoms with Crippen LogP contribution in [-0.4, -0.2) is 74.2 Å². The topological polar surface area (TPSA) is 96.0 Å². The molecule has 3 aromatic rings. The highest BCUT2D eigenvalue weighted by Crippen LogP contribution is 2.54. The Morgan fingerprint density at radius 1 is 0.792 bits per heavy atom. The highest BCUT2D eigenvalue weighted by Gasteiger charge is 2.73. The minimum Gasteiger partial charge on any atom is -0.351 e. The van der Waals surface area contributed by atoms with Crippen molar-refractivity contribution in [1.29, 1.82) is 0 Å². The molecule has 0 radical (unpaired) electrons. The van der Waals surface area contributed by atoms with E-state index in [4.69, 9.17) is 0 Å². The number of likely N-dealkylation sites (tertiary alicyclic amines) is 2. The average Bonchev–Trinajstić information content (AvgIpc) is 3.52. The summed E-state index contributed by atoms with van der Waals surface area (Å²) in [7, 11) is -4.65. The Morgan fingerprint density at radius 2 is 1.32 bits per heavy atom. The Bertz CT molecular complexity index is 1910. The third-order valence-electron chi connectivity index (χ3n) is 9.87. The quantitative estimate of drug-likeness (QED) is 0.194. The number of carbonyl (C=O) groups excluding carboxylic acids is 2. The van der Waals surface area contributed by atoms with Gasteiger partial charge < -0.3 is 19.9 Å². The average molecular weight is 780 g/mol. The van der Waals surface area contributed by atoms with Gasteiger partial charge in [0.15, 0.2) is 9.84 Å². The largest absolute Gasteiger partial charge is 0.430 e. The normalized spacial score (nSPS) is 19.7. The summed E-state index contributed by atoms with van der Waals surface area (Å²) < 4.78 is 161. The number of sulfone groups is 1. The van der Waals surface area contributed by atoms with E-state index in [9.17, 15) is 57.5 Å². The number of rotatable bonds is 8. The predicted molar refractivity (Wildman–Crippen MR) is 171 cm³/mol. The summed E-state index contributed by atoms with van der Waals surface area (Å²) >= 11 is 0. The van der Waals surface area contributed by atoms with Gasteiger partial charge in [-0.3, -0.25) is 4.79 Å². The fraction of sp³-hybridized carbons (Fsp3) is 0.429. The summed E-state index contributed by atoms with van der Waals surface area (Å²) in [6.07, 6.45) is -12.1. The van der Waals surface area contributed by atoms with E-state index in [1.807, 2.05) is 6.92 Å². The van der Waals surface area contributed by atoms with Crippen molar-refractivity contribution in [3.05, 3.63) is 101 Å². The van der Waals surface area contributed by atoms with Gasteiger partial charge in [-0.05, 0) is 68.1 Å². The zero-order chi connectivity index (χ0) is 39.2. The molecule has 3 amide bonds. The van der Waals surface area contributed by atoms with Crippen LogP contribution in [-0.2, 0) is 36.3 Å². The van der Waals surface area contributed by atoms with Crippen LogP contribution in [0, 0.1) is 17.5 Å². The molecule has 2 aliphatic heterocycles. The maximum absolute atomic E-state index is 14.6. The fourth-order valence-corrected chi connectivity index (χ4v) is 9.01. The van der Waals surface area contributed by atoms with Gasteiger partial charge >= 0.3 is 18.4 Å². The van der Waals surface area contributed by atoms with Gasteiger partial charge in [-0.1, -0.05) is 30.3 Å². The van der Waals surface area contributed by atoms with E-state index in [1.165, 1.54) is 16.7 Å². The Kier molecular flexibility index (Phi) is 10.6. The van der Waals surface area contributed by atoms with Crippen LogP contribution in [0.1, 0.15) is 49.8 Å². The van der Waals surface area contributed by atoms with Gasteiger partial charge in [-0.2, -0.15) is 26.3 Å². The first-order valence-corrected chi connectivity index (χ1v) is 17.7. The van der Waals surface area contributed by atoms with Crippen molar-refractivity contribution in [2.75, 3.05) is 26.2 Å². The number of carbonyl (C=O) groups is 2. The monoisotopic (exact) mass is 779 g/mol. The van der Waals surface area contributed by atoms with Crippen molar-refractivity contribution in [2.24, 2.45) is 0 Å². The van der Waals surface area contributed by atoms with Crippen molar-refractivity contribution in [1.82, 2.24) is 15.1 Å². The van der Waals surface area contributed by atoms with Crippen LogP contribution in [0.5, 0.6) is 0 Å². The minimum absolute atomic E-state index is 0.187. The van der Waals surface area contributed by atoms with E-state index >= 15 is 0 Å². The molecule has 2 saturated heterocycles. The molecule has 8 nitrogen and oxygen atoms in total. The zero-order valence-electron chi connectivity index (χ0n) is 28.3. The lowest BCUT2D eigenvalue weighted by atomic mass is 9.88. The van der Waals surface area contributed by atoms with Crippen molar-refractivity contribution >= 4 is 21.8 Å². The molecule has 3 aromatic carbocycles. The van der Waals surface area contributed by atoms with Crippen molar-refractivity contribution < 1.29 is 62.3 Å².